The molecule has 0 aromatic carbocycles. The monoisotopic (exact) mass is 368 g/mol. The van der Waals surface area contributed by atoms with Crippen molar-refractivity contribution in [3.8, 4) is 0 Å². The smallest absolute Gasteiger partial charge is 0.303 e. The van der Waals surface area contributed by atoms with Crippen LogP contribution in [0.5, 0.6) is 0 Å². The van der Waals surface area contributed by atoms with E-state index in [0.29, 0.717) is 18.8 Å². The van der Waals surface area contributed by atoms with Crippen molar-refractivity contribution in [2.24, 2.45) is 11.8 Å². The predicted octanol–water partition coefficient (Wildman–Crippen LogP) is 4.52. The molecule has 2 N–H and O–H groups in total. The number of aliphatic carboxylic acids is 1. The maximum Gasteiger partial charge on any atom is 0.303 e. The number of rotatable bonds is 13. The summed E-state index contributed by atoms with van der Waals surface area (Å²) in [5, 5.41) is 17.7. The molecule has 2 bridgehead atoms. The molecular formula is C20H32O6. The van der Waals surface area contributed by atoms with E-state index < -0.39 is 12.1 Å². The van der Waals surface area contributed by atoms with E-state index in [4.69, 9.17) is 20.1 Å². The summed E-state index contributed by atoms with van der Waals surface area (Å²) in [7, 11) is 0. The van der Waals surface area contributed by atoms with Crippen molar-refractivity contribution in [1.82, 2.24) is 0 Å². The standard InChI is InChI=1S/C20H32O6/c1-2-3-4-5-6-7-10-16-17(19-14-18(16)25-26-19)13-12-15(24-23)9-8-11-20(21)22/h6-7,12-13,15-19,23H,2-5,8-11,14H2,1H3,(H,21,22)/b7-6-,13-12+/t15-,16-,17-,18?,19?/m1/s1. The molecule has 2 fully saturated rings. The van der Waals surface area contributed by atoms with Crippen molar-refractivity contribution in [3.63, 3.8) is 0 Å². The zero-order valence-corrected chi connectivity index (χ0v) is 15.6. The molecule has 2 rings (SSSR count). The quantitative estimate of drug-likeness (QED) is 0.215. The summed E-state index contributed by atoms with van der Waals surface area (Å²) in [6.07, 6.45) is 15.8. The SMILES string of the molecule is CCCCC/C=C\C[C@H]1C2CC(OO2)[C@@H]1/C=C/[C@@H](CCCC(=O)O)OO. The molecule has 1 aliphatic heterocycles. The lowest BCUT2D eigenvalue weighted by atomic mass is 9.89. The molecule has 6 heteroatoms. The molecule has 0 aromatic heterocycles. The molecule has 1 aliphatic carbocycles. The first kappa shape index (κ1) is 21.1. The zero-order valence-electron chi connectivity index (χ0n) is 15.6. The van der Waals surface area contributed by atoms with Crippen LogP contribution < -0.4 is 0 Å². The van der Waals surface area contributed by atoms with E-state index in [0.717, 1.165) is 19.3 Å². The molecule has 1 saturated heterocycles. The van der Waals surface area contributed by atoms with Gasteiger partial charge in [-0.25, -0.2) is 14.7 Å². The van der Waals surface area contributed by atoms with Gasteiger partial charge in [-0.2, -0.15) is 0 Å². The van der Waals surface area contributed by atoms with E-state index >= 15 is 0 Å². The van der Waals surface area contributed by atoms with E-state index in [1.165, 1.54) is 19.3 Å². The topological polar surface area (TPSA) is 85.2 Å². The summed E-state index contributed by atoms with van der Waals surface area (Å²) in [5.41, 5.74) is 0. The Morgan fingerprint density at radius 2 is 2.04 bits per heavy atom. The minimum absolute atomic E-state index is 0.0492. The van der Waals surface area contributed by atoms with E-state index in [1.807, 2.05) is 12.2 Å². The minimum atomic E-state index is -0.838. The van der Waals surface area contributed by atoms with Crippen LogP contribution in [-0.2, 0) is 19.5 Å². The van der Waals surface area contributed by atoms with Gasteiger partial charge in [0.2, 0.25) is 0 Å². The van der Waals surface area contributed by atoms with E-state index in [1.54, 1.807) is 0 Å². The predicted molar refractivity (Wildman–Crippen MR) is 97.4 cm³/mol. The van der Waals surface area contributed by atoms with Crippen molar-refractivity contribution in [2.75, 3.05) is 0 Å². The van der Waals surface area contributed by atoms with Crippen LogP contribution in [0.15, 0.2) is 24.3 Å². The van der Waals surface area contributed by atoms with Crippen molar-refractivity contribution < 1.29 is 29.8 Å². The summed E-state index contributed by atoms with van der Waals surface area (Å²) in [6, 6.07) is 0. The second kappa shape index (κ2) is 11.5. The summed E-state index contributed by atoms with van der Waals surface area (Å²) in [4.78, 5) is 25.8. The largest absolute Gasteiger partial charge is 0.481 e. The second-order valence-electron chi connectivity index (χ2n) is 7.26. The minimum Gasteiger partial charge on any atom is -0.481 e. The van der Waals surface area contributed by atoms with Crippen LogP contribution in [0.4, 0.5) is 0 Å². The van der Waals surface area contributed by atoms with E-state index in [-0.39, 0.29) is 24.5 Å². The number of carboxylic acids is 1. The van der Waals surface area contributed by atoms with Crippen molar-refractivity contribution >= 4 is 5.97 Å². The molecule has 1 saturated carbocycles. The molecule has 0 amide bonds. The maximum atomic E-state index is 10.6. The van der Waals surface area contributed by atoms with Gasteiger partial charge in [0.15, 0.2) is 0 Å². The number of hydrogen-bond acceptors (Lipinski definition) is 5. The average Bonchev–Trinajstić information content (AvgIpc) is 3.22. The van der Waals surface area contributed by atoms with E-state index in [9.17, 15) is 4.79 Å². The molecule has 2 unspecified atom stereocenters. The van der Waals surface area contributed by atoms with Gasteiger partial charge < -0.3 is 5.11 Å². The van der Waals surface area contributed by atoms with Crippen molar-refractivity contribution in [1.29, 1.82) is 0 Å². The molecule has 6 nitrogen and oxygen atoms in total. The Balaban J connectivity index is 1.83. The molecule has 1 heterocycles. The molecule has 26 heavy (non-hydrogen) atoms. The lowest BCUT2D eigenvalue weighted by molar-refractivity contribution is -0.336. The van der Waals surface area contributed by atoms with Crippen LogP contribution >= 0.6 is 0 Å². The number of allylic oxidation sites excluding steroid dienone is 2. The van der Waals surface area contributed by atoms with Crippen LogP contribution in [-0.4, -0.2) is 34.6 Å². The van der Waals surface area contributed by atoms with Gasteiger partial charge in [0.25, 0.3) is 0 Å². The van der Waals surface area contributed by atoms with Gasteiger partial charge >= 0.3 is 5.97 Å². The number of fused-ring (bicyclic) bond motifs is 2. The van der Waals surface area contributed by atoms with Gasteiger partial charge in [0, 0.05) is 24.7 Å². The first-order chi connectivity index (χ1) is 12.7. The fourth-order valence-corrected chi connectivity index (χ4v) is 3.79. The van der Waals surface area contributed by atoms with Crippen LogP contribution in [0.1, 0.15) is 64.7 Å². The fourth-order valence-electron chi connectivity index (χ4n) is 3.79. The maximum absolute atomic E-state index is 10.6. The highest BCUT2D eigenvalue weighted by atomic mass is 17.2. The Hall–Kier alpha value is -1.21. The lowest BCUT2D eigenvalue weighted by Gasteiger charge is -2.27. The first-order valence-electron chi connectivity index (χ1n) is 9.83. The third-order valence-corrected chi connectivity index (χ3v) is 5.28. The molecule has 5 atom stereocenters. The van der Waals surface area contributed by atoms with Gasteiger partial charge in [-0.1, -0.05) is 44.1 Å². The Labute approximate surface area is 155 Å². The molecule has 0 radical (unpaired) electrons. The Kier molecular flexibility index (Phi) is 9.32. The molecule has 148 valence electrons. The van der Waals surface area contributed by atoms with Crippen molar-refractivity contribution in [3.05, 3.63) is 24.3 Å². The molecule has 2 aliphatic rings. The van der Waals surface area contributed by atoms with Crippen LogP contribution in [0, 0.1) is 11.8 Å². The van der Waals surface area contributed by atoms with Crippen LogP contribution in [0.25, 0.3) is 0 Å². The Morgan fingerprint density at radius 1 is 1.23 bits per heavy atom. The highest BCUT2D eigenvalue weighted by molar-refractivity contribution is 5.66. The third kappa shape index (κ3) is 6.50. The van der Waals surface area contributed by atoms with Gasteiger partial charge in [0.1, 0.15) is 12.2 Å². The van der Waals surface area contributed by atoms with E-state index in [2.05, 4.69) is 24.0 Å². The molecule has 0 spiro atoms. The van der Waals surface area contributed by atoms with Gasteiger partial charge in [-0.15, -0.1) is 0 Å². The average molecular weight is 368 g/mol. The van der Waals surface area contributed by atoms with Gasteiger partial charge in [-0.3, -0.25) is 10.1 Å². The Morgan fingerprint density at radius 3 is 2.77 bits per heavy atom. The highest BCUT2D eigenvalue weighted by Gasteiger charge is 2.49. The molecular weight excluding hydrogens is 336 g/mol. The van der Waals surface area contributed by atoms with Crippen molar-refractivity contribution in [2.45, 2.75) is 83.0 Å². The fraction of sp³-hybridized carbons (Fsp3) is 0.750. The third-order valence-electron chi connectivity index (χ3n) is 5.28. The van der Waals surface area contributed by atoms with Crippen LogP contribution in [0.3, 0.4) is 0 Å². The zero-order chi connectivity index (χ0) is 18.8. The highest BCUT2D eigenvalue weighted by Crippen LogP contribution is 2.44. The number of unbranched alkanes of at least 4 members (excludes halogenated alkanes) is 3. The lowest BCUT2D eigenvalue weighted by Crippen LogP contribution is -2.29. The van der Waals surface area contributed by atoms with Gasteiger partial charge in [-0.05, 0) is 32.1 Å². The normalized spacial score (nSPS) is 29.2. The summed E-state index contributed by atoms with van der Waals surface area (Å²) >= 11 is 0. The number of hydrogen-bond donors (Lipinski definition) is 2. The Bertz CT molecular complexity index is 475. The van der Waals surface area contributed by atoms with Crippen LogP contribution in [0.2, 0.25) is 0 Å². The number of carbonyl (C=O) groups is 1. The first-order valence-corrected chi connectivity index (χ1v) is 9.83. The number of carboxylic acid groups (broad SMARTS) is 1. The summed E-state index contributed by atoms with van der Waals surface area (Å²) < 4.78 is 0. The second-order valence-corrected chi connectivity index (χ2v) is 7.26. The molecule has 0 aromatic rings. The summed E-state index contributed by atoms with van der Waals surface area (Å²) in [5.74, 6) is -0.243. The van der Waals surface area contributed by atoms with Gasteiger partial charge in [0.05, 0.1) is 6.10 Å². The summed E-state index contributed by atoms with van der Waals surface area (Å²) in [6.45, 7) is 2.21.